The fourth-order valence-electron chi connectivity index (χ4n) is 2.39. The second-order valence-electron chi connectivity index (χ2n) is 5.07. The van der Waals surface area contributed by atoms with Crippen LogP contribution in [-0.4, -0.2) is 18.1 Å². The normalized spacial score (nSPS) is 10.7. The van der Waals surface area contributed by atoms with Gasteiger partial charge in [0.1, 0.15) is 0 Å². The van der Waals surface area contributed by atoms with Crippen molar-refractivity contribution in [2.24, 2.45) is 0 Å². The SMILES string of the molecule is COC(=O)c1cc(-c2ccc(Br)cc2)nc2ccc(C)cc12. The van der Waals surface area contributed by atoms with Crippen LogP contribution in [0.5, 0.6) is 0 Å². The molecular weight excluding hydrogens is 342 g/mol. The summed E-state index contributed by atoms with van der Waals surface area (Å²) in [6.45, 7) is 1.99. The second kappa shape index (κ2) is 5.89. The highest BCUT2D eigenvalue weighted by atomic mass is 79.9. The third kappa shape index (κ3) is 2.74. The summed E-state index contributed by atoms with van der Waals surface area (Å²) in [4.78, 5) is 16.8. The van der Waals surface area contributed by atoms with Crippen LogP contribution in [0.4, 0.5) is 0 Å². The highest BCUT2D eigenvalue weighted by Gasteiger charge is 2.14. The molecule has 2 aromatic carbocycles. The number of benzene rings is 2. The Labute approximate surface area is 137 Å². The largest absolute Gasteiger partial charge is 0.465 e. The van der Waals surface area contributed by atoms with Gasteiger partial charge in [-0.1, -0.05) is 39.7 Å². The summed E-state index contributed by atoms with van der Waals surface area (Å²) < 4.78 is 5.92. The first-order valence-corrected chi connectivity index (χ1v) is 7.63. The monoisotopic (exact) mass is 355 g/mol. The summed E-state index contributed by atoms with van der Waals surface area (Å²) in [5.41, 5.74) is 4.11. The lowest BCUT2D eigenvalue weighted by molar-refractivity contribution is 0.0603. The van der Waals surface area contributed by atoms with E-state index in [-0.39, 0.29) is 5.97 Å². The van der Waals surface area contributed by atoms with E-state index in [1.54, 1.807) is 6.07 Å². The molecule has 22 heavy (non-hydrogen) atoms. The number of fused-ring (bicyclic) bond motifs is 1. The summed E-state index contributed by atoms with van der Waals surface area (Å²) in [5.74, 6) is -0.351. The highest BCUT2D eigenvalue weighted by Crippen LogP contribution is 2.27. The molecule has 1 heterocycles. The van der Waals surface area contributed by atoms with Gasteiger partial charge in [-0.05, 0) is 37.3 Å². The lowest BCUT2D eigenvalue weighted by Crippen LogP contribution is -2.04. The fourth-order valence-corrected chi connectivity index (χ4v) is 2.65. The Morgan fingerprint density at radius 2 is 1.82 bits per heavy atom. The molecule has 0 radical (unpaired) electrons. The number of rotatable bonds is 2. The van der Waals surface area contributed by atoms with E-state index in [4.69, 9.17) is 4.74 Å². The number of aryl methyl sites for hydroxylation is 1. The third-order valence-electron chi connectivity index (χ3n) is 3.51. The number of pyridine rings is 1. The van der Waals surface area contributed by atoms with E-state index in [9.17, 15) is 4.79 Å². The van der Waals surface area contributed by atoms with Crippen molar-refractivity contribution in [3.8, 4) is 11.3 Å². The molecule has 0 N–H and O–H groups in total. The van der Waals surface area contributed by atoms with Gasteiger partial charge in [0.25, 0.3) is 0 Å². The smallest absolute Gasteiger partial charge is 0.338 e. The third-order valence-corrected chi connectivity index (χ3v) is 4.04. The van der Waals surface area contributed by atoms with Gasteiger partial charge in [-0.25, -0.2) is 9.78 Å². The number of aromatic nitrogens is 1. The van der Waals surface area contributed by atoms with Crippen molar-refractivity contribution in [3.63, 3.8) is 0 Å². The van der Waals surface area contributed by atoms with Gasteiger partial charge in [0.2, 0.25) is 0 Å². The average Bonchev–Trinajstić information content (AvgIpc) is 2.54. The number of hydrogen-bond acceptors (Lipinski definition) is 3. The van der Waals surface area contributed by atoms with Crippen molar-refractivity contribution in [1.82, 2.24) is 4.98 Å². The van der Waals surface area contributed by atoms with Crippen LogP contribution in [0.15, 0.2) is 53.0 Å². The first kappa shape index (κ1) is 14.7. The maximum Gasteiger partial charge on any atom is 0.338 e. The molecule has 0 unspecified atom stereocenters. The summed E-state index contributed by atoms with van der Waals surface area (Å²) in [5, 5.41) is 0.813. The first-order valence-electron chi connectivity index (χ1n) is 6.84. The van der Waals surface area contributed by atoms with E-state index in [1.165, 1.54) is 7.11 Å². The van der Waals surface area contributed by atoms with Crippen LogP contribution in [0.3, 0.4) is 0 Å². The Kier molecular flexibility index (Phi) is 3.94. The van der Waals surface area contributed by atoms with Gasteiger partial charge < -0.3 is 4.74 Å². The van der Waals surface area contributed by atoms with Gasteiger partial charge in [0.05, 0.1) is 23.9 Å². The lowest BCUT2D eigenvalue weighted by Gasteiger charge is -2.09. The quantitative estimate of drug-likeness (QED) is 0.622. The Morgan fingerprint density at radius 3 is 2.50 bits per heavy atom. The Balaban J connectivity index is 2.26. The van der Waals surface area contributed by atoms with E-state index >= 15 is 0 Å². The van der Waals surface area contributed by atoms with Crippen molar-refractivity contribution >= 4 is 32.8 Å². The number of halogens is 1. The number of methoxy groups -OCH3 is 1. The van der Waals surface area contributed by atoms with Crippen LogP contribution in [0, 0.1) is 6.92 Å². The maximum absolute atomic E-state index is 12.1. The first-order chi connectivity index (χ1) is 10.6. The molecule has 3 nitrogen and oxygen atoms in total. The minimum Gasteiger partial charge on any atom is -0.465 e. The van der Waals surface area contributed by atoms with Crippen molar-refractivity contribution in [3.05, 3.63) is 64.1 Å². The highest BCUT2D eigenvalue weighted by molar-refractivity contribution is 9.10. The lowest BCUT2D eigenvalue weighted by atomic mass is 10.0. The van der Waals surface area contributed by atoms with Crippen LogP contribution in [-0.2, 0) is 4.74 Å². The van der Waals surface area contributed by atoms with E-state index in [2.05, 4.69) is 20.9 Å². The Hall–Kier alpha value is -2.20. The van der Waals surface area contributed by atoms with Crippen molar-refractivity contribution in [1.29, 1.82) is 0 Å². The summed E-state index contributed by atoms with van der Waals surface area (Å²) in [7, 11) is 1.39. The van der Waals surface area contributed by atoms with Crippen LogP contribution in [0.2, 0.25) is 0 Å². The van der Waals surface area contributed by atoms with E-state index in [0.717, 1.165) is 32.2 Å². The molecule has 0 saturated carbocycles. The number of nitrogens with zero attached hydrogens (tertiary/aromatic N) is 1. The van der Waals surface area contributed by atoms with E-state index in [1.807, 2.05) is 49.4 Å². The molecule has 0 spiro atoms. The van der Waals surface area contributed by atoms with Crippen LogP contribution < -0.4 is 0 Å². The summed E-state index contributed by atoms with van der Waals surface area (Å²) in [6.07, 6.45) is 0. The summed E-state index contributed by atoms with van der Waals surface area (Å²) >= 11 is 3.42. The van der Waals surface area contributed by atoms with Gasteiger partial charge >= 0.3 is 5.97 Å². The van der Waals surface area contributed by atoms with E-state index < -0.39 is 0 Å². The zero-order chi connectivity index (χ0) is 15.7. The minimum absolute atomic E-state index is 0.351. The number of esters is 1. The molecule has 1 aromatic heterocycles. The number of ether oxygens (including phenoxy) is 1. The molecule has 0 atom stereocenters. The van der Waals surface area contributed by atoms with Crippen LogP contribution >= 0.6 is 15.9 Å². The van der Waals surface area contributed by atoms with Gasteiger partial charge in [0, 0.05) is 15.4 Å². The predicted molar refractivity (Wildman–Crippen MR) is 91.0 cm³/mol. The van der Waals surface area contributed by atoms with Crippen molar-refractivity contribution in [2.45, 2.75) is 6.92 Å². The molecule has 0 aliphatic rings. The molecule has 3 rings (SSSR count). The molecule has 0 amide bonds. The molecular formula is C18H14BrNO2. The molecule has 110 valence electrons. The van der Waals surface area contributed by atoms with Gasteiger partial charge in [-0.2, -0.15) is 0 Å². The van der Waals surface area contributed by atoms with Crippen LogP contribution in [0.1, 0.15) is 15.9 Å². The Morgan fingerprint density at radius 1 is 1.09 bits per heavy atom. The van der Waals surface area contributed by atoms with E-state index in [0.29, 0.717) is 5.56 Å². The topological polar surface area (TPSA) is 39.2 Å². The molecule has 0 fully saturated rings. The van der Waals surface area contributed by atoms with Crippen LogP contribution in [0.25, 0.3) is 22.2 Å². The van der Waals surface area contributed by atoms with Crippen molar-refractivity contribution < 1.29 is 9.53 Å². The van der Waals surface area contributed by atoms with Gasteiger partial charge in [0.15, 0.2) is 0 Å². The summed E-state index contributed by atoms with van der Waals surface area (Å²) in [6, 6.07) is 15.5. The zero-order valence-electron chi connectivity index (χ0n) is 12.3. The molecule has 3 aromatic rings. The van der Waals surface area contributed by atoms with Gasteiger partial charge in [-0.15, -0.1) is 0 Å². The molecule has 4 heteroatoms. The maximum atomic E-state index is 12.1. The standard InChI is InChI=1S/C18H14BrNO2/c1-11-3-8-16-14(9-11)15(18(21)22-2)10-17(20-16)12-4-6-13(19)7-5-12/h3-10H,1-2H3. The van der Waals surface area contributed by atoms with Gasteiger partial charge in [-0.3, -0.25) is 0 Å². The zero-order valence-corrected chi connectivity index (χ0v) is 13.8. The predicted octanol–water partition coefficient (Wildman–Crippen LogP) is 4.76. The Bertz CT molecular complexity index is 857. The number of carbonyl (C=O) groups is 1. The number of hydrogen-bond donors (Lipinski definition) is 0. The number of carbonyl (C=O) groups excluding carboxylic acids is 1. The molecule has 0 aliphatic carbocycles. The second-order valence-corrected chi connectivity index (χ2v) is 5.99. The molecule has 0 aliphatic heterocycles. The average molecular weight is 356 g/mol. The molecule has 0 saturated heterocycles. The minimum atomic E-state index is -0.351. The fraction of sp³-hybridized carbons (Fsp3) is 0.111. The van der Waals surface area contributed by atoms with Crippen molar-refractivity contribution in [2.75, 3.05) is 7.11 Å². The molecule has 0 bridgehead atoms.